The second-order valence-electron chi connectivity index (χ2n) is 3.19. The fraction of sp³-hybridized carbons (Fsp3) is 0.0909. The highest BCUT2D eigenvalue weighted by Crippen LogP contribution is 2.23. The molecule has 0 saturated heterocycles. The molecule has 0 radical (unpaired) electrons. The molecule has 2 nitrogen and oxygen atoms in total. The van der Waals surface area contributed by atoms with Gasteiger partial charge in [0.05, 0.1) is 0 Å². The van der Waals surface area contributed by atoms with Crippen LogP contribution in [-0.2, 0) is 0 Å². The highest BCUT2D eigenvalue weighted by Gasteiger charge is 2.10. The molecule has 0 N–H and O–H groups in total. The van der Waals surface area contributed by atoms with Crippen LogP contribution in [0, 0.1) is 12.7 Å². The maximum Gasteiger partial charge on any atom is 0.182 e. The summed E-state index contributed by atoms with van der Waals surface area (Å²) in [7, 11) is 0. The molecule has 2 rings (SSSR count). The minimum Gasteiger partial charge on any atom is -0.233 e. The number of benzene rings is 1. The molecule has 2 aromatic rings. The molecule has 4 heteroatoms. The molecule has 0 bridgehead atoms. The zero-order valence-electron chi connectivity index (χ0n) is 8.04. The molecule has 15 heavy (non-hydrogen) atoms. The van der Waals surface area contributed by atoms with Crippen molar-refractivity contribution in [1.29, 1.82) is 0 Å². The van der Waals surface area contributed by atoms with Crippen molar-refractivity contribution in [2.75, 3.05) is 0 Å². The lowest BCUT2D eigenvalue weighted by Gasteiger charge is -2.03. The van der Waals surface area contributed by atoms with E-state index in [0.29, 0.717) is 5.69 Å². The normalized spacial score (nSPS) is 10.3. The maximum atomic E-state index is 13.6. The van der Waals surface area contributed by atoms with E-state index < -0.39 is 5.82 Å². The molecule has 0 amide bonds. The summed E-state index contributed by atoms with van der Waals surface area (Å²) < 4.78 is 13.8. The molecular formula is C11H8BrFN2. The van der Waals surface area contributed by atoms with Gasteiger partial charge in [0, 0.05) is 5.56 Å². The largest absolute Gasteiger partial charge is 0.233 e. The molecule has 0 aliphatic heterocycles. The molecule has 0 unspecified atom stereocenters. The van der Waals surface area contributed by atoms with Crippen LogP contribution in [0.3, 0.4) is 0 Å². The van der Waals surface area contributed by atoms with Gasteiger partial charge in [-0.1, -0.05) is 29.8 Å². The van der Waals surface area contributed by atoms with Gasteiger partial charge in [0.15, 0.2) is 5.82 Å². The van der Waals surface area contributed by atoms with E-state index in [1.54, 1.807) is 0 Å². The fourth-order valence-electron chi connectivity index (χ4n) is 1.26. The van der Waals surface area contributed by atoms with Crippen molar-refractivity contribution in [3.63, 3.8) is 0 Å². The predicted octanol–water partition coefficient (Wildman–Crippen LogP) is 3.35. The van der Waals surface area contributed by atoms with Crippen LogP contribution >= 0.6 is 15.9 Å². The fourth-order valence-corrected chi connectivity index (χ4v) is 1.54. The lowest BCUT2D eigenvalue weighted by atomic mass is 10.1. The number of hydrogen-bond acceptors (Lipinski definition) is 2. The Morgan fingerprint density at radius 2 is 1.80 bits per heavy atom. The van der Waals surface area contributed by atoms with Gasteiger partial charge in [0.25, 0.3) is 0 Å². The zero-order chi connectivity index (χ0) is 10.8. The Bertz CT molecular complexity index is 482. The molecular weight excluding hydrogens is 259 g/mol. The minimum absolute atomic E-state index is 0.188. The Morgan fingerprint density at radius 1 is 1.13 bits per heavy atom. The highest BCUT2D eigenvalue weighted by molar-refractivity contribution is 9.10. The third-order valence-corrected chi connectivity index (χ3v) is 2.62. The second-order valence-corrected chi connectivity index (χ2v) is 3.94. The summed E-state index contributed by atoms with van der Waals surface area (Å²) >= 11 is 3.03. The van der Waals surface area contributed by atoms with E-state index in [0.717, 1.165) is 11.1 Å². The summed E-state index contributed by atoms with van der Waals surface area (Å²) in [4.78, 5) is 7.64. The smallest absolute Gasteiger partial charge is 0.182 e. The molecule has 1 aromatic carbocycles. The summed E-state index contributed by atoms with van der Waals surface area (Å²) in [5, 5.41) is 0. The van der Waals surface area contributed by atoms with Gasteiger partial charge in [0.2, 0.25) is 0 Å². The molecule has 0 aliphatic rings. The summed E-state index contributed by atoms with van der Waals surface area (Å²) in [5.74, 6) is -0.429. The summed E-state index contributed by atoms with van der Waals surface area (Å²) in [5.41, 5.74) is 2.20. The van der Waals surface area contributed by atoms with E-state index in [1.165, 1.54) is 6.33 Å². The molecule has 0 aliphatic carbocycles. The topological polar surface area (TPSA) is 25.8 Å². The molecule has 0 spiro atoms. The van der Waals surface area contributed by atoms with Crippen LogP contribution in [0.25, 0.3) is 11.3 Å². The van der Waals surface area contributed by atoms with E-state index in [-0.39, 0.29) is 4.60 Å². The number of halogens is 2. The molecule has 1 heterocycles. The minimum atomic E-state index is -0.429. The standard InChI is InChI=1S/C11H8BrFN2/c1-7-2-4-8(5-3-7)10-9(13)11(12)15-6-14-10/h2-6H,1H3. The van der Waals surface area contributed by atoms with E-state index in [9.17, 15) is 4.39 Å². The predicted molar refractivity (Wildman–Crippen MR) is 59.9 cm³/mol. The number of aryl methyl sites for hydroxylation is 1. The molecule has 76 valence electrons. The van der Waals surface area contributed by atoms with Crippen molar-refractivity contribution in [3.8, 4) is 11.3 Å². The van der Waals surface area contributed by atoms with Crippen molar-refractivity contribution >= 4 is 15.9 Å². The third-order valence-electron chi connectivity index (χ3n) is 2.07. The van der Waals surface area contributed by atoms with Gasteiger partial charge in [-0.05, 0) is 22.9 Å². The monoisotopic (exact) mass is 266 g/mol. The van der Waals surface area contributed by atoms with Crippen LogP contribution in [0.2, 0.25) is 0 Å². The van der Waals surface area contributed by atoms with Gasteiger partial charge in [0.1, 0.15) is 16.6 Å². The van der Waals surface area contributed by atoms with Gasteiger partial charge in [-0.25, -0.2) is 14.4 Å². The third kappa shape index (κ3) is 2.04. The van der Waals surface area contributed by atoms with Crippen LogP contribution in [0.4, 0.5) is 4.39 Å². The van der Waals surface area contributed by atoms with E-state index in [2.05, 4.69) is 25.9 Å². The lowest BCUT2D eigenvalue weighted by molar-refractivity contribution is 0.609. The quantitative estimate of drug-likeness (QED) is 0.740. The Hall–Kier alpha value is -1.29. The maximum absolute atomic E-state index is 13.6. The Balaban J connectivity index is 2.54. The molecule has 0 fully saturated rings. The Labute approximate surface area is 95.3 Å². The first-order valence-corrected chi connectivity index (χ1v) is 5.21. The van der Waals surface area contributed by atoms with Gasteiger partial charge >= 0.3 is 0 Å². The van der Waals surface area contributed by atoms with Crippen LogP contribution < -0.4 is 0 Å². The first-order valence-electron chi connectivity index (χ1n) is 4.41. The van der Waals surface area contributed by atoms with Crippen molar-refractivity contribution in [2.24, 2.45) is 0 Å². The van der Waals surface area contributed by atoms with Gasteiger partial charge in [-0.15, -0.1) is 0 Å². The SMILES string of the molecule is Cc1ccc(-c2ncnc(Br)c2F)cc1. The van der Waals surface area contributed by atoms with Crippen molar-refractivity contribution in [2.45, 2.75) is 6.92 Å². The van der Waals surface area contributed by atoms with Crippen molar-refractivity contribution < 1.29 is 4.39 Å². The van der Waals surface area contributed by atoms with Crippen LogP contribution in [0.15, 0.2) is 35.2 Å². The van der Waals surface area contributed by atoms with E-state index in [1.807, 2.05) is 31.2 Å². The summed E-state index contributed by atoms with van der Waals surface area (Å²) in [6, 6.07) is 7.52. The number of aromatic nitrogens is 2. The van der Waals surface area contributed by atoms with E-state index in [4.69, 9.17) is 0 Å². The van der Waals surface area contributed by atoms with Gasteiger partial charge in [-0.2, -0.15) is 0 Å². The molecule has 0 saturated carbocycles. The number of hydrogen-bond donors (Lipinski definition) is 0. The molecule has 1 aromatic heterocycles. The average molecular weight is 267 g/mol. The first kappa shape index (κ1) is 10.2. The lowest BCUT2D eigenvalue weighted by Crippen LogP contribution is -1.92. The highest BCUT2D eigenvalue weighted by atomic mass is 79.9. The average Bonchev–Trinajstić information content (AvgIpc) is 2.24. The zero-order valence-corrected chi connectivity index (χ0v) is 9.62. The van der Waals surface area contributed by atoms with E-state index >= 15 is 0 Å². The van der Waals surface area contributed by atoms with Crippen molar-refractivity contribution in [3.05, 3.63) is 46.6 Å². The Kier molecular flexibility index (Phi) is 2.77. The molecule has 0 atom stereocenters. The van der Waals surface area contributed by atoms with Crippen molar-refractivity contribution in [1.82, 2.24) is 9.97 Å². The summed E-state index contributed by atoms with van der Waals surface area (Å²) in [6.07, 6.45) is 1.34. The second kappa shape index (κ2) is 4.06. The number of rotatable bonds is 1. The van der Waals surface area contributed by atoms with Gasteiger partial charge < -0.3 is 0 Å². The number of nitrogens with zero attached hydrogens (tertiary/aromatic N) is 2. The van der Waals surface area contributed by atoms with Crippen LogP contribution in [0.5, 0.6) is 0 Å². The van der Waals surface area contributed by atoms with Crippen LogP contribution in [0.1, 0.15) is 5.56 Å². The van der Waals surface area contributed by atoms with Crippen LogP contribution in [-0.4, -0.2) is 9.97 Å². The summed E-state index contributed by atoms with van der Waals surface area (Å²) in [6.45, 7) is 1.98. The Morgan fingerprint density at radius 3 is 2.47 bits per heavy atom. The first-order chi connectivity index (χ1) is 7.18. The van der Waals surface area contributed by atoms with Gasteiger partial charge in [-0.3, -0.25) is 0 Å².